The fourth-order valence-electron chi connectivity index (χ4n) is 2.69. The second-order valence-corrected chi connectivity index (χ2v) is 6.36. The molecule has 0 fully saturated rings. The average Bonchev–Trinajstić information content (AvgIpc) is 2.78. The fraction of sp³-hybridized carbons (Fsp3) is 0.227. The summed E-state index contributed by atoms with van der Waals surface area (Å²) >= 11 is 0. The predicted molar refractivity (Wildman–Crippen MR) is 111 cm³/mol. The van der Waals surface area contributed by atoms with E-state index in [1.54, 1.807) is 26.4 Å². The van der Waals surface area contributed by atoms with Crippen molar-refractivity contribution in [2.75, 3.05) is 26.1 Å². The first kappa shape index (κ1) is 20.1. The van der Waals surface area contributed by atoms with E-state index in [2.05, 4.69) is 20.8 Å². The van der Waals surface area contributed by atoms with Crippen LogP contribution in [0.3, 0.4) is 0 Å². The summed E-state index contributed by atoms with van der Waals surface area (Å²) in [5.74, 6) is 1.99. The third-order valence-electron chi connectivity index (χ3n) is 4.39. The van der Waals surface area contributed by atoms with Crippen LogP contribution in [-0.4, -0.2) is 36.9 Å². The molecule has 0 saturated heterocycles. The Bertz CT molecular complexity index is 910. The number of nitrogens with zero attached hydrogens (tertiary/aromatic N) is 2. The number of methoxy groups -OCH3 is 2. The minimum Gasteiger partial charge on any atom is -0.497 e. The molecule has 7 nitrogen and oxygen atoms in total. The second kappa shape index (κ2) is 10.1. The summed E-state index contributed by atoms with van der Waals surface area (Å²) < 4.78 is 10.3. The Hall–Kier alpha value is -3.61. The van der Waals surface area contributed by atoms with Crippen molar-refractivity contribution in [3.63, 3.8) is 0 Å². The van der Waals surface area contributed by atoms with Crippen molar-refractivity contribution in [3.05, 3.63) is 77.5 Å². The average molecular weight is 392 g/mol. The molecule has 150 valence electrons. The van der Waals surface area contributed by atoms with Gasteiger partial charge in [-0.05, 0) is 53.9 Å². The van der Waals surface area contributed by atoms with Gasteiger partial charge in [0.05, 0.1) is 14.2 Å². The Morgan fingerprint density at radius 1 is 0.828 bits per heavy atom. The van der Waals surface area contributed by atoms with Crippen LogP contribution in [0.5, 0.6) is 11.5 Å². The first-order chi connectivity index (χ1) is 14.2. The van der Waals surface area contributed by atoms with Crippen LogP contribution in [0.4, 0.5) is 5.82 Å². The molecule has 2 N–H and O–H groups in total. The maximum atomic E-state index is 12.2. The van der Waals surface area contributed by atoms with E-state index < -0.39 is 0 Å². The van der Waals surface area contributed by atoms with Crippen molar-refractivity contribution >= 4 is 11.7 Å². The number of aromatic nitrogens is 2. The largest absolute Gasteiger partial charge is 0.497 e. The molecule has 3 rings (SSSR count). The molecule has 0 unspecified atom stereocenters. The van der Waals surface area contributed by atoms with Crippen LogP contribution in [-0.2, 0) is 13.0 Å². The lowest BCUT2D eigenvalue weighted by atomic mass is 10.1. The van der Waals surface area contributed by atoms with E-state index in [-0.39, 0.29) is 11.6 Å². The molecule has 0 saturated carbocycles. The number of carbonyl (C=O) groups is 1. The summed E-state index contributed by atoms with van der Waals surface area (Å²) in [6, 6.07) is 18.9. The molecule has 0 radical (unpaired) electrons. The number of benzene rings is 2. The van der Waals surface area contributed by atoms with Crippen LogP contribution in [0, 0.1) is 0 Å². The standard InChI is InChI=1S/C22H24N4O3/c1-28-18-7-3-16(4-8-18)13-14-23-22(27)20-11-12-21(26-25-20)24-15-17-5-9-19(29-2)10-6-17/h3-12H,13-15H2,1-2H3,(H,23,27)(H,24,26). The van der Waals surface area contributed by atoms with E-state index in [1.807, 2.05) is 48.5 Å². The van der Waals surface area contributed by atoms with Crippen LogP contribution >= 0.6 is 0 Å². The van der Waals surface area contributed by atoms with Crippen LogP contribution in [0.25, 0.3) is 0 Å². The van der Waals surface area contributed by atoms with Crippen molar-refractivity contribution in [3.8, 4) is 11.5 Å². The van der Waals surface area contributed by atoms with Crippen molar-refractivity contribution < 1.29 is 14.3 Å². The van der Waals surface area contributed by atoms with Gasteiger partial charge in [-0.15, -0.1) is 10.2 Å². The van der Waals surface area contributed by atoms with E-state index >= 15 is 0 Å². The summed E-state index contributed by atoms with van der Waals surface area (Å²) in [6.07, 6.45) is 0.727. The maximum Gasteiger partial charge on any atom is 0.271 e. The highest BCUT2D eigenvalue weighted by Gasteiger charge is 2.08. The smallest absolute Gasteiger partial charge is 0.271 e. The lowest BCUT2D eigenvalue weighted by Crippen LogP contribution is -2.26. The molecule has 29 heavy (non-hydrogen) atoms. The van der Waals surface area contributed by atoms with Gasteiger partial charge in [0, 0.05) is 13.1 Å². The van der Waals surface area contributed by atoms with Gasteiger partial charge in [-0.3, -0.25) is 4.79 Å². The Balaban J connectivity index is 1.45. The van der Waals surface area contributed by atoms with Crippen molar-refractivity contribution in [1.82, 2.24) is 15.5 Å². The SMILES string of the molecule is COc1ccc(CCNC(=O)c2ccc(NCc3ccc(OC)cc3)nn2)cc1. The topological polar surface area (TPSA) is 85.4 Å². The van der Waals surface area contributed by atoms with Gasteiger partial charge < -0.3 is 20.1 Å². The summed E-state index contributed by atoms with van der Waals surface area (Å²) in [7, 11) is 3.27. The number of amides is 1. The summed E-state index contributed by atoms with van der Waals surface area (Å²) in [4.78, 5) is 12.2. The number of anilines is 1. The molecule has 0 bridgehead atoms. The minimum absolute atomic E-state index is 0.243. The van der Waals surface area contributed by atoms with Crippen molar-refractivity contribution in [1.29, 1.82) is 0 Å². The predicted octanol–water partition coefficient (Wildman–Crippen LogP) is 3.08. The zero-order valence-electron chi connectivity index (χ0n) is 16.5. The first-order valence-corrected chi connectivity index (χ1v) is 9.29. The highest BCUT2D eigenvalue weighted by Crippen LogP contribution is 2.13. The normalized spacial score (nSPS) is 10.3. The van der Waals surface area contributed by atoms with Crippen LogP contribution < -0.4 is 20.1 Å². The van der Waals surface area contributed by atoms with Gasteiger partial charge in [0.15, 0.2) is 5.69 Å². The molecule has 0 aliphatic rings. The molecule has 0 aliphatic heterocycles. The molecule has 3 aromatic rings. The van der Waals surface area contributed by atoms with Gasteiger partial charge in [-0.2, -0.15) is 0 Å². The van der Waals surface area contributed by atoms with E-state index in [4.69, 9.17) is 9.47 Å². The zero-order chi connectivity index (χ0) is 20.5. The van der Waals surface area contributed by atoms with Gasteiger partial charge in [-0.25, -0.2) is 0 Å². The Morgan fingerprint density at radius 3 is 2.00 bits per heavy atom. The Labute approximate surface area is 170 Å². The molecular formula is C22H24N4O3. The molecule has 7 heteroatoms. The van der Waals surface area contributed by atoms with Gasteiger partial charge in [0.25, 0.3) is 5.91 Å². The van der Waals surface area contributed by atoms with Gasteiger partial charge in [0.2, 0.25) is 0 Å². The van der Waals surface area contributed by atoms with Gasteiger partial charge in [-0.1, -0.05) is 24.3 Å². The van der Waals surface area contributed by atoms with Crippen molar-refractivity contribution in [2.45, 2.75) is 13.0 Å². The number of hydrogen-bond donors (Lipinski definition) is 2. The molecule has 0 aliphatic carbocycles. The molecule has 1 amide bonds. The molecule has 2 aromatic carbocycles. The number of ether oxygens (including phenoxy) is 2. The van der Waals surface area contributed by atoms with Crippen LogP contribution in [0.2, 0.25) is 0 Å². The van der Waals surface area contributed by atoms with Gasteiger partial charge >= 0.3 is 0 Å². The van der Waals surface area contributed by atoms with E-state index in [9.17, 15) is 4.79 Å². The third kappa shape index (κ3) is 5.93. The quantitative estimate of drug-likeness (QED) is 0.582. The second-order valence-electron chi connectivity index (χ2n) is 6.36. The first-order valence-electron chi connectivity index (χ1n) is 9.29. The highest BCUT2D eigenvalue weighted by molar-refractivity contribution is 5.92. The van der Waals surface area contributed by atoms with Gasteiger partial charge in [0.1, 0.15) is 17.3 Å². The van der Waals surface area contributed by atoms with Crippen LogP contribution in [0.15, 0.2) is 60.7 Å². The number of rotatable bonds is 9. The Kier molecular flexibility index (Phi) is 7.00. The fourth-order valence-corrected chi connectivity index (χ4v) is 2.69. The lowest BCUT2D eigenvalue weighted by molar-refractivity contribution is 0.0948. The maximum absolute atomic E-state index is 12.2. The number of hydrogen-bond acceptors (Lipinski definition) is 6. The highest BCUT2D eigenvalue weighted by atomic mass is 16.5. The summed E-state index contributed by atoms with van der Waals surface area (Å²) in [5.41, 5.74) is 2.50. The molecule has 1 aromatic heterocycles. The van der Waals surface area contributed by atoms with E-state index in [1.165, 1.54) is 0 Å². The number of nitrogens with one attached hydrogen (secondary N) is 2. The monoisotopic (exact) mass is 392 g/mol. The zero-order valence-corrected chi connectivity index (χ0v) is 16.5. The Morgan fingerprint density at radius 2 is 1.45 bits per heavy atom. The molecular weight excluding hydrogens is 368 g/mol. The lowest BCUT2D eigenvalue weighted by Gasteiger charge is -2.08. The summed E-state index contributed by atoms with van der Waals surface area (Å²) in [5, 5.41) is 14.1. The minimum atomic E-state index is -0.243. The molecule has 1 heterocycles. The van der Waals surface area contributed by atoms with Crippen LogP contribution in [0.1, 0.15) is 21.6 Å². The van der Waals surface area contributed by atoms with Crippen molar-refractivity contribution in [2.24, 2.45) is 0 Å². The van der Waals surface area contributed by atoms with E-state index in [0.29, 0.717) is 18.9 Å². The van der Waals surface area contributed by atoms with E-state index in [0.717, 1.165) is 29.0 Å². The third-order valence-corrected chi connectivity index (χ3v) is 4.39. The molecule has 0 spiro atoms. The number of carbonyl (C=O) groups excluding carboxylic acids is 1. The molecule has 0 atom stereocenters. The summed E-state index contributed by atoms with van der Waals surface area (Å²) in [6.45, 7) is 1.12.